The SMILES string of the molecule is CCNc1nc(N)c(C(=O)NCC2CCCC(C)C2)s1. The van der Waals surface area contributed by atoms with E-state index in [1.165, 1.54) is 37.0 Å². The van der Waals surface area contributed by atoms with Crippen molar-refractivity contribution in [2.24, 2.45) is 11.8 Å². The fourth-order valence-corrected chi connectivity index (χ4v) is 3.65. The highest BCUT2D eigenvalue weighted by Crippen LogP contribution is 2.28. The van der Waals surface area contributed by atoms with Crippen LogP contribution in [-0.4, -0.2) is 24.0 Å². The number of aromatic nitrogens is 1. The first kappa shape index (κ1) is 15.1. The standard InChI is InChI=1S/C14H24N4OS/c1-3-16-14-18-12(15)11(20-14)13(19)17-8-10-6-4-5-9(2)7-10/h9-10H,3-8,15H2,1-2H3,(H,16,18)(H,17,19). The first-order valence-electron chi connectivity index (χ1n) is 7.38. The maximum absolute atomic E-state index is 12.2. The lowest BCUT2D eigenvalue weighted by atomic mass is 9.82. The van der Waals surface area contributed by atoms with Crippen molar-refractivity contribution >= 4 is 28.2 Å². The van der Waals surface area contributed by atoms with E-state index in [1.54, 1.807) is 0 Å². The Morgan fingerprint density at radius 3 is 3.00 bits per heavy atom. The summed E-state index contributed by atoms with van der Waals surface area (Å²) >= 11 is 1.32. The van der Waals surface area contributed by atoms with Gasteiger partial charge in [-0.3, -0.25) is 4.79 Å². The average molecular weight is 296 g/mol. The number of hydrogen-bond donors (Lipinski definition) is 3. The first-order chi connectivity index (χ1) is 9.60. The molecule has 112 valence electrons. The zero-order chi connectivity index (χ0) is 14.5. The van der Waals surface area contributed by atoms with Gasteiger partial charge in [-0.05, 0) is 31.6 Å². The number of nitrogens with two attached hydrogens (primary N) is 1. The number of hydrogen-bond acceptors (Lipinski definition) is 5. The van der Waals surface area contributed by atoms with Gasteiger partial charge in [-0.15, -0.1) is 0 Å². The Kier molecular flexibility index (Phi) is 5.23. The molecule has 0 spiro atoms. The summed E-state index contributed by atoms with van der Waals surface area (Å²) in [4.78, 5) is 16.8. The van der Waals surface area contributed by atoms with E-state index in [-0.39, 0.29) is 5.91 Å². The minimum absolute atomic E-state index is 0.0950. The number of thiazole rings is 1. The summed E-state index contributed by atoms with van der Waals surface area (Å²) in [6, 6.07) is 0. The smallest absolute Gasteiger partial charge is 0.265 e. The average Bonchev–Trinajstić information content (AvgIpc) is 2.78. The molecule has 0 saturated heterocycles. The largest absolute Gasteiger partial charge is 0.382 e. The zero-order valence-electron chi connectivity index (χ0n) is 12.2. The van der Waals surface area contributed by atoms with Gasteiger partial charge in [0, 0.05) is 13.1 Å². The molecule has 0 bridgehead atoms. The number of nitrogen functional groups attached to an aromatic ring is 1. The summed E-state index contributed by atoms with van der Waals surface area (Å²) in [6.45, 7) is 5.80. The number of carbonyl (C=O) groups is 1. The van der Waals surface area contributed by atoms with Crippen LogP contribution in [0.2, 0.25) is 0 Å². The van der Waals surface area contributed by atoms with Crippen LogP contribution in [0, 0.1) is 11.8 Å². The van der Waals surface area contributed by atoms with E-state index in [4.69, 9.17) is 5.73 Å². The van der Waals surface area contributed by atoms with Crippen molar-refractivity contribution in [2.75, 3.05) is 24.1 Å². The number of amides is 1. The summed E-state index contributed by atoms with van der Waals surface area (Å²) in [5, 5.41) is 6.80. The number of nitrogens with zero attached hydrogens (tertiary/aromatic N) is 1. The first-order valence-corrected chi connectivity index (χ1v) is 8.20. The van der Waals surface area contributed by atoms with E-state index in [0.29, 0.717) is 21.7 Å². The Morgan fingerprint density at radius 2 is 2.30 bits per heavy atom. The van der Waals surface area contributed by atoms with Gasteiger partial charge in [-0.25, -0.2) is 4.98 Å². The summed E-state index contributed by atoms with van der Waals surface area (Å²) in [5.74, 6) is 1.60. The Labute approximate surface area is 124 Å². The maximum atomic E-state index is 12.2. The molecule has 2 atom stereocenters. The van der Waals surface area contributed by atoms with E-state index < -0.39 is 0 Å². The van der Waals surface area contributed by atoms with Gasteiger partial charge in [-0.1, -0.05) is 31.1 Å². The lowest BCUT2D eigenvalue weighted by Gasteiger charge is -2.26. The Bertz CT molecular complexity index is 460. The van der Waals surface area contributed by atoms with Gasteiger partial charge in [0.2, 0.25) is 0 Å². The lowest BCUT2D eigenvalue weighted by Crippen LogP contribution is -2.31. The van der Waals surface area contributed by atoms with Gasteiger partial charge in [0.1, 0.15) is 10.7 Å². The van der Waals surface area contributed by atoms with Crippen LogP contribution in [0.15, 0.2) is 0 Å². The molecule has 1 aliphatic rings. The predicted molar refractivity (Wildman–Crippen MR) is 84.1 cm³/mol. The number of carbonyl (C=O) groups excluding carboxylic acids is 1. The van der Waals surface area contributed by atoms with Crippen molar-refractivity contribution in [1.82, 2.24) is 10.3 Å². The van der Waals surface area contributed by atoms with E-state index >= 15 is 0 Å². The molecule has 1 heterocycles. The summed E-state index contributed by atoms with van der Waals surface area (Å²) in [7, 11) is 0. The van der Waals surface area contributed by atoms with Crippen LogP contribution in [0.1, 0.15) is 49.2 Å². The topological polar surface area (TPSA) is 80.0 Å². The maximum Gasteiger partial charge on any atom is 0.265 e. The summed E-state index contributed by atoms with van der Waals surface area (Å²) < 4.78 is 0. The second-order valence-electron chi connectivity index (χ2n) is 5.61. The van der Waals surface area contributed by atoms with Crippen LogP contribution in [-0.2, 0) is 0 Å². The van der Waals surface area contributed by atoms with Crippen LogP contribution >= 0.6 is 11.3 Å². The molecule has 2 unspecified atom stereocenters. The molecule has 5 nitrogen and oxygen atoms in total. The van der Waals surface area contributed by atoms with Gasteiger partial charge in [0.05, 0.1) is 0 Å². The molecule has 1 aromatic rings. The predicted octanol–water partition coefficient (Wildman–Crippen LogP) is 2.71. The van der Waals surface area contributed by atoms with E-state index in [0.717, 1.165) is 19.0 Å². The molecule has 0 aromatic carbocycles. The van der Waals surface area contributed by atoms with Gasteiger partial charge >= 0.3 is 0 Å². The van der Waals surface area contributed by atoms with Crippen molar-refractivity contribution in [3.05, 3.63) is 4.88 Å². The highest BCUT2D eigenvalue weighted by atomic mass is 32.1. The third kappa shape index (κ3) is 3.85. The molecule has 6 heteroatoms. The summed E-state index contributed by atoms with van der Waals surface area (Å²) in [5.41, 5.74) is 5.80. The van der Waals surface area contributed by atoms with Crippen molar-refractivity contribution in [2.45, 2.75) is 39.5 Å². The zero-order valence-corrected chi connectivity index (χ0v) is 13.1. The van der Waals surface area contributed by atoms with Gasteiger partial charge < -0.3 is 16.4 Å². The molecule has 0 radical (unpaired) electrons. The van der Waals surface area contributed by atoms with Crippen molar-refractivity contribution < 1.29 is 4.79 Å². The molecule has 1 fully saturated rings. The summed E-state index contributed by atoms with van der Waals surface area (Å²) in [6.07, 6.45) is 5.01. The Balaban J connectivity index is 1.88. The normalized spacial score (nSPS) is 22.5. The minimum Gasteiger partial charge on any atom is -0.382 e. The van der Waals surface area contributed by atoms with Crippen LogP contribution in [0.3, 0.4) is 0 Å². The van der Waals surface area contributed by atoms with Crippen LogP contribution < -0.4 is 16.4 Å². The molecule has 1 aromatic heterocycles. The third-order valence-electron chi connectivity index (χ3n) is 3.78. The molecule has 0 aliphatic heterocycles. The molecule has 2 rings (SSSR count). The van der Waals surface area contributed by atoms with Gasteiger partial charge in [-0.2, -0.15) is 0 Å². The van der Waals surface area contributed by atoms with Crippen LogP contribution in [0.4, 0.5) is 10.9 Å². The fraction of sp³-hybridized carbons (Fsp3) is 0.714. The number of rotatable bonds is 5. The Morgan fingerprint density at radius 1 is 1.50 bits per heavy atom. The molecular formula is C14H24N4OS. The molecule has 1 saturated carbocycles. The van der Waals surface area contributed by atoms with Crippen molar-refractivity contribution in [1.29, 1.82) is 0 Å². The van der Waals surface area contributed by atoms with E-state index in [1.807, 2.05) is 6.92 Å². The molecular weight excluding hydrogens is 272 g/mol. The third-order valence-corrected chi connectivity index (χ3v) is 4.81. The fourth-order valence-electron chi connectivity index (χ4n) is 2.78. The molecule has 1 aliphatic carbocycles. The monoisotopic (exact) mass is 296 g/mol. The number of nitrogens with one attached hydrogen (secondary N) is 2. The van der Waals surface area contributed by atoms with E-state index in [2.05, 4.69) is 22.5 Å². The molecule has 1 amide bonds. The van der Waals surface area contributed by atoms with Gasteiger partial charge in [0.15, 0.2) is 5.13 Å². The van der Waals surface area contributed by atoms with Crippen LogP contribution in [0.5, 0.6) is 0 Å². The van der Waals surface area contributed by atoms with E-state index in [9.17, 15) is 4.79 Å². The Hall–Kier alpha value is -1.30. The lowest BCUT2D eigenvalue weighted by molar-refractivity contribution is 0.0945. The molecule has 4 N–H and O–H groups in total. The quantitative estimate of drug-likeness (QED) is 0.780. The van der Waals surface area contributed by atoms with Crippen molar-refractivity contribution in [3.8, 4) is 0 Å². The highest BCUT2D eigenvalue weighted by Gasteiger charge is 2.21. The van der Waals surface area contributed by atoms with Crippen molar-refractivity contribution in [3.63, 3.8) is 0 Å². The van der Waals surface area contributed by atoms with Gasteiger partial charge in [0.25, 0.3) is 5.91 Å². The molecule has 20 heavy (non-hydrogen) atoms. The van der Waals surface area contributed by atoms with Crippen LogP contribution in [0.25, 0.3) is 0 Å². The highest BCUT2D eigenvalue weighted by molar-refractivity contribution is 7.18. The second-order valence-corrected chi connectivity index (χ2v) is 6.61. The minimum atomic E-state index is -0.0950. The number of anilines is 2. The second kappa shape index (κ2) is 6.92.